The molecular weight excluding hydrogens is 358 g/mol. The van der Waals surface area contributed by atoms with Gasteiger partial charge in [0, 0.05) is 22.9 Å². The monoisotopic (exact) mass is 375 g/mol. The molecule has 6 heteroatoms. The number of carbonyl (C=O) groups is 2. The molecule has 0 heterocycles. The van der Waals surface area contributed by atoms with Crippen molar-refractivity contribution in [2.45, 2.75) is 6.92 Å². The Morgan fingerprint density at radius 2 is 1.78 bits per heavy atom. The summed E-state index contributed by atoms with van der Waals surface area (Å²) >= 11 is 3.38. The fraction of sp³-hybridized carbons (Fsp3) is 0.176. The number of nitrogens with zero attached hydrogens (tertiary/aromatic N) is 1. The molecule has 0 bridgehead atoms. The molecule has 2 aromatic rings. The molecule has 3 amide bonds. The number of nitrogens with one attached hydrogen (secondary N) is 2. The molecule has 0 unspecified atom stereocenters. The molecule has 0 atom stereocenters. The van der Waals surface area contributed by atoms with Gasteiger partial charge in [-0.3, -0.25) is 4.79 Å². The number of aryl methyl sites for hydroxylation is 1. The molecule has 2 N–H and O–H groups in total. The first kappa shape index (κ1) is 17.0. The summed E-state index contributed by atoms with van der Waals surface area (Å²) in [6.07, 6.45) is 0. The van der Waals surface area contributed by atoms with Gasteiger partial charge in [-0.1, -0.05) is 34.1 Å². The highest BCUT2D eigenvalue weighted by molar-refractivity contribution is 9.10. The van der Waals surface area contributed by atoms with Crippen molar-refractivity contribution in [2.24, 2.45) is 0 Å². The molecule has 0 saturated heterocycles. The first-order valence-corrected chi connectivity index (χ1v) is 7.88. The number of hydrogen-bond acceptors (Lipinski definition) is 2. The summed E-state index contributed by atoms with van der Waals surface area (Å²) in [5, 5.41) is 5.54. The van der Waals surface area contributed by atoms with Crippen molar-refractivity contribution in [3.8, 4) is 0 Å². The second kappa shape index (κ2) is 7.78. The van der Waals surface area contributed by atoms with Crippen LogP contribution in [0.5, 0.6) is 0 Å². The number of para-hydroxylation sites is 1. The van der Waals surface area contributed by atoms with E-state index in [4.69, 9.17) is 0 Å². The van der Waals surface area contributed by atoms with Gasteiger partial charge in [0.1, 0.15) is 6.54 Å². The Balaban J connectivity index is 1.90. The van der Waals surface area contributed by atoms with Gasteiger partial charge in [0.15, 0.2) is 0 Å². The highest BCUT2D eigenvalue weighted by Gasteiger charge is 2.13. The Hall–Kier alpha value is -2.34. The standard InChI is InChI=1S/C17H18BrN3O2/c1-12-10-13(18)8-9-15(12)20-16(22)11-21(2)17(23)19-14-6-4-3-5-7-14/h3-10H,11H2,1-2H3,(H,19,23)(H,20,22). The second-order valence-corrected chi connectivity index (χ2v) is 6.08. The fourth-order valence-electron chi connectivity index (χ4n) is 1.98. The van der Waals surface area contributed by atoms with E-state index in [1.54, 1.807) is 19.2 Å². The Labute approximate surface area is 143 Å². The van der Waals surface area contributed by atoms with Crippen LogP contribution in [0.3, 0.4) is 0 Å². The minimum absolute atomic E-state index is 0.0336. The number of hydrogen-bond donors (Lipinski definition) is 2. The second-order valence-electron chi connectivity index (χ2n) is 5.16. The van der Waals surface area contributed by atoms with Crippen LogP contribution >= 0.6 is 15.9 Å². The molecular formula is C17H18BrN3O2. The van der Waals surface area contributed by atoms with Crippen molar-refractivity contribution in [2.75, 3.05) is 24.2 Å². The minimum Gasteiger partial charge on any atom is -0.324 e. The summed E-state index contributed by atoms with van der Waals surface area (Å²) in [6, 6.07) is 14.4. The zero-order valence-electron chi connectivity index (χ0n) is 13.0. The molecule has 5 nitrogen and oxygen atoms in total. The zero-order chi connectivity index (χ0) is 16.8. The molecule has 120 valence electrons. The van der Waals surface area contributed by atoms with Crippen LogP contribution in [0.4, 0.5) is 16.2 Å². The van der Waals surface area contributed by atoms with Gasteiger partial charge in [-0.05, 0) is 42.8 Å². The van der Waals surface area contributed by atoms with E-state index in [1.807, 2.05) is 43.3 Å². The molecule has 0 fully saturated rings. The van der Waals surface area contributed by atoms with Crippen molar-refractivity contribution < 1.29 is 9.59 Å². The van der Waals surface area contributed by atoms with E-state index in [0.29, 0.717) is 5.69 Å². The molecule has 23 heavy (non-hydrogen) atoms. The fourth-order valence-corrected chi connectivity index (χ4v) is 2.46. The maximum Gasteiger partial charge on any atom is 0.322 e. The number of likely N-dealkylation sites (N-methyl/N-ethyl adjacent to an activating group) is 1. The van der Waals surface area contributed by atoms with Gasteiger partial charge in [0.25, 0.3) is 0 Å². The molecule has 0 aliphatic carbocycles. The van der Waals surface area contributed by atoms with Crippen molar-refractivity contribution in [1.29, 1.82) is 0 Å². The Kier molecular flexibility index (Phi) is 5.76. The summed E-state index contributed by atoms with van der Waals surface area (Å²) in [6.45, 7) is 1.88. The lowest BCUT2D eigenvalue weighted by molar-refractivity contribution is -0.116. The lowest BCUT2D eigenvalue weighted by Gasteiger charge is -2.18. The Morgan fingerprint density at radius 1 is 1.09 bits per heavy atom. The van der Waals surface area contributed by atoms with Crippen LogP contribution in [-0.4, -0.2) is 30.4 Å². The van der Waals surface area contributed by atoms with Crippen LogP contribution in [0.2, 0.25) is 0 Å². The number of carbonyl (C=O) groups excluding carboxylic acids is 2. The molecule has 0 aliphatic rings. The lowest BCUT2D eigenvalue weighted by atomic mass is 10.2. The van der Waals surface area contributed by atoms with Gasteiger partial charge in [-0.25, -0.2) is 4.79 Å². The SMILES string of the molecule is Cc1cc(Br)ccc1NC(=O)CN(C)C(=O)Nc1ccccc1. The quantitative estimate of drug-likeness (QED) is 0.851. The first-order valence-electron chi connectivity index (χ1n) is 7.09. The molecule has 0 aliphatic heterocycles. The smallest absolute Gasteiger partial charge is 0.322 e. The van der Waals surface area contributed by atoms with Gasteiger partial charge in [0.2, 0.25) is 5.91 Å². The van der Waals surface area contributed by atoms with Crippen molar-refractivity contribution >= 4 is 39.2 Å². The molecule has 2 rings (SSSR count). The Morgan fingerprint density at radius 3 is 2.43 bits per heavy atom. The largest absolute Gasteiger partial charge is 0.324 e. The number of benzene rings is 2. The van der Waals surface area contributed by atoms with Crippen LogP contribution in [0.1, 0.15) is 5.56 Å². The number of amides is 3. The average molecular weight is 376 g/mol. The van der Waals surface area contributed by atoms with E-state index in [0.717, 1.165) is 15.7 Å². The van der Waals surface area contributed by atoms with Crippen LogP contribution in [0, 0.1) is 6.92 Å². The summed E-state index contributed by atoms with van der Waals surface area (Å²) in [5.41, 5.74) is 2.37. The maximum atomic E-state index is 12.1. The lowest BCUT2D eigenvalue weighted by Crippen LogP contribution is -2.37. The van der Waals surface area contributed by atoms with E-state index >= 15 is 0 Å². The van der Waals surface area contributed by atoms with E-state index in [-0.39, 0.29) is 18.5 Å². The van der Waals surface area contributed by atoms with E-state index < -0.39 is 0 Å². The highest BCUT2D eigenvalue weighted by atomic mass is 79.9. The summed E-state index contributed by atoms with van der Waals surface area (Å²) in [5.74, 6) is -0.249. The topological polar surface area (TPSA) is 61.4 Å². The third-order valence-electron chi connectivity index (χ3n) is 3.22. The van der Waals surface area contributed by atoms with Crippen molar-refractivity contribution in [3.05, 3.63) is 58.6 Å². The van der Waals surface area contributed by atoms with Gasteiger partial charge < -0.3 is 15.5 Å². The average Bonchev–Trinajstić information content (AvgIpc) is 2.51. The predicted molar refractivity (Wildman–Crippen MR) is 95.6 cm³/mol. The predicted octanol–water partition coefficient (Wildman–Crippen LogP) is 3.86. The normalized spacial score (nSPS) is 10.0. The summed E-state index contributed by atoms with van der Waals surface area (Å²) in [4.78, 5) is 25.4. The number of anilines is 2. The molecule has 0 saturated carbocycles. The van der Waals surface area contributed by atoms with Crippen molar-refractivity contribution in [3.63, 3.8) is 0 Å². The highest BCUT2D eigenvalue weighted by Crippen LogP contribution is 2.19. The number of rotatable bonds is 4. The third-order valence-corrected chi connectivity index (χ3v) is 3.71. The van der Waals surface area contributed by atoms with E-state index in [1.165, 1.54) is 4.90 Å². The summed E-state index contributed by atoms with van der Waals surface area (Å²) in [7, 11) is 1.58. The van der Waals surface area contributed by atoms with Gasteiger partial charge in [0.05, 0.1) is 0 Å². The molecule has 0 radical (unpaired) electrons. The number of halogens is 1. The zero-order valence-corrected chi connectivity index (χ0v) is 14.6. The molecule has 0 spiro atoms. The van der Waals surface area contributed by atoms with E-state index in [9.17, 15) is 9.59 Å². The third kappa shape index (κ3) is 5.10. The van der Waals surface area contributed by atoms with Crippen LogP contribution < -0.4 is 10.6 Å². The molecule has 2 aromatic carbocycles. The van der Waals surface area contributed by atoms with Crippen LogP contribution in [-0.2, 0) is 4.79 Å². The Bertz CT molecular complexity index is 704. The minimum atomic E-state index is -0.334. The van der Waals surface area contributed by atoms with E-state index in [2.05, 4.69) is 26.6 Å². The summed E-state index contributed by atoms with van der Waals surface area (Å²) < 4.78 is 0.951. The molecule has 0 aromatic heterocycles. The van der Waals surface area contributed by atoms with Gasteiger partial charge >= 0.3 is 6.03 Å². The van der Waals surface area contributed by atoms with Crippen LogP contribution in [0.15, 0.2) is 53.0 Å². The van der Waals surface area contributed by atoms with Gasteiger partial charge in [-0.2, -0.15) is 0 Å². The first-order chi connectivity index (χ1) is 11.0. The van der Waals surface area contributed by atoms with Gasteiger partial charge in [-0.15, -0.1) is 0 Å². The number of urea groups is 1. The van der Waals surface area contributed by atoms with Crippen molar-refractivity contribution in [1.82, 2.24) is 4.90 Å². The maximum absolute atomic E-state index is 12.1. The van der Waals surface area contributed by atoms with Crippen LogP contribution in [0.25, 0.3) is 0 Å².